The molecule has 0 saturated carbocycles. The molecule has 6 nitrogen and oxygen atoms in total. The zero-order chi connectivity index (χ0) is 15.5. The monoisotopic (exact) mass is 322 g/mol. The molecule has 0 unspecified atom stereocenters. The van der Waals surface area contributed by atoms with E-state index in [2.05, 4.69) is 10.3 Å². The molecule has 1 N–H and O–H groups in total. The Hall–Kier alpha value is -1.82. The summed E-state index contributed by atoms with van der Waals surface area (Å²) < 4.78 is 0. The molecule has 0 bridgehead atoms. The summed E-state index contributed by atoms with van der Waals surface area (Å²) in [5.41, 5.74) is 0.511. The molecule has 22 heavy (non-hydrogen) atoms. The van der Waals surface area contributed by atoms with E-state index >= 15 is 0 Å². The highest BCUT2D eigenvalue weighted by Gasteiger charge is 2.23. The van der Waals surface area contributed by atoms with Gasteiger partial charge < -0.3 is 15.1 Å². The molecule has 3 heterocycles. The number of pyridine rings is 1. The highest BCUT2D eigenvalue weighted by Crippen LogP contribution is 2.25. The van der Waals surface area contributed by atoms with Crippen molar-refractivity contribution < 1.29 is 9.59 Å². The Morgan fingerprint density at radius 3 is 2.68 bits per heavy atom. The number of hydrogen-bond acceptors (Lipinski definition) is 4. The van der Waals surface area contributed by atoms with Gasteiger partial charge in [0.2, 0.25) is 5.91 Å². The number of anilines is 1. The summed E-state index contributed by atoms with van der Waals surface area (Å²) >= 11 is 6.29. The van der Waals surface area contributed by atoms with Gasteiger partial charge in [-0.05, 0) is 25.3 Å². The minimum absolute atomic E-state index is 0.0166. The molecule has 2 fully saturated rings. The SMILES string of the molecule is O=C1CN(c2ncc(C(=O)N3CCCCC3)cc2Cl)CCN1. The lowest BCUT2D eigenvalue weighted by atomic mass is 10.1. The van der Waals surface area contributed by atoms with Crippen LogP contribution >= 0.6 is 11.6 Å². The summed E-state index contributed by atoms with van der Waals surface area (Å²) in [4.78, 5) is 31.9. The van der Waals surface area contributed by atoms with Crippen molar-refractivity contribution >= 4 is 29.2 Å². The van der Waals surface area contributed by atoms with Crippen molar-refractivity contribution in [3.05, 3.63) is 22.8 Å². The molecule has 0 spiro atoms. The molecule has 2 aliphatic heterocycles. The van der Waals surface area contributed by atoms with Gasteiger partial charge in [0.15, 0.2) is 0 Å². The number of nitrogens with one attached hydrogen (secondary N) is 1. The second-order valence-corrected chi connectivity index (χ2v) is 6.06. The Labute approximate surface area is 134 Å². The van der Waals surface area contributed by atoms with Crippen LogP contribution in [0.5, 0.6) is 0 Å². The van der Waals surface area contributed by atoms with Crippen LogP contribution in [-0.2, 0) is 4.79 Å². The predicted molar refractivity (Wildman–Crippen MR) is 84.2 cm³/mol. The summed E-state index contributed by atoms with van der Waals surface area (Å²) in [5, 5.41) is 3.18. The Morgan fingerprint density at radius 1 is 1.23 bits per heavy atom. The molecule has 118 valence electrons. The van der Waals surface area contributed by atoms with E-state index in [1.807, 2.05) is 9.80 Å². The highest BCUT2D eigenvalue weighted by atomic mass is 35.5. The van der Waals surface area contributed by atoms with Gasteiger partial charge in [-0.2, -0.15) is 0 Å². The zero-order valence-electron chi connectivity index (χ0n) is 12.3. The fourth-order valence-corrected chi connectivity index (χ4v) is 3.17. The summed E-state index contributed by atoms with van der Waals surface area (Å²) in [6, 6.07) is 1.66. The lowest BCUT2D eigenvalue weighted by Crippen LogP contribution is -2.48. The second kappa shape index (κ2) is 6.52. The maximum atomic E-state index is 12.4. The van der Waals surface area contributed by atoms with Crippen LogP contribution in [0, 0.1) is 0 Å². The van der Waals surface area contributed by atoms with E-state index in [4.69, 9.17) is 11.6 Å². The highest BCUT2D eigenvalue weighted by molar-refractivity contribution is 6.33. The number of carbonyl (C=O) groups excluding carboxylic acids is 2. The molecule has 0 radical (unpaired) electrons. The number of nitrogens with zero attached hydrogens (tertiary/aromatic N) is 3. The molecule has 2 aliphatic rings. The maximum Gasteiger partial charge on any atom is 0.255 e. The fourth-order valence-electron chi connectivity index (χ4n) is 2.88. The van der Waals surface area contributed by atoms with E-state index in [-0.39, 0.29) is 18.4 Å². The average molecular weight is 323 g/mol. The van der Waals surface area contributed by atoms with Gasteiger partial charge in [-0.3, -0.25) is 9.59 Å². The minimum Gasteiger partial charge on any atom is -0.353 e. The molecule has 0 aliphatic carbocycles. The molecule has 2 saturated heterocycles. The number of carbonyl (C=O) groups is 2. The van der Waals surface area contributed by atoms with Crippen molar-refractivity contribution in [1.82, 2.24) is 15.2 Å². The van der Waals surface area contributed by atoms with E-state index in [9.17, 15) is 9.59 Å². The van der Waals surface area contributed by atoms with Gasteiger partial charge in [0.25, 0.3) is 5.91 Å². The fraction of sp³-hybridized carbons (Fsp3) is 0.533. The third-order valence-corrected chi connectivity index (χ3v) is 4.33. The van der Waals surface area contributed by atoms with E-state index in [1.54, 1.807) is 12.3 Å². The van der Waals surface area contributed by atoms with Gasteiger partial charge in [0.1, 0.15) is 5.82 Å². The van der Waals surface area contributed by atoms with Gasteiger partial charge in [0, 0.05) is 32.4 Å². The van der Waals surface area contributed by atoms with Crippen LogP contribution in [0.2, 0.25) is 5.02 Å². The maximum absolute atomic E-state index is 12.4. The number of likely N-dealkylation sites (tertiary alicyclic amines) is 1. The normalized spacial score (nSPS) is 19.0. The van der Waals surface area contributed by atoms with Gasteiger partial charge in [-0.1, -0.05) is 11.6 Å². The van der Waals surface area contributed by atoms with Crippen molar-refractivity contribution in [1.29, 1.82) is 0 Å². The topological polar surface area (TPSA) is 65.5 Å². The number of amides is 2. The number of piperazine rings is 1. The molecule has 1 aromatic rings. The quantitative estimate of drug-likeness (QED) is 0.891. The summed E-state index contributed by atoms with van der Waals surface area (Å²) in [6.07, 6.45) is 4.84. The smallest absolute Gasteiger partial charge is 0.255 e. The Kier molecular flexibility index (Phi) is 4.47. The lowest BCUT2D eigenvalue weighted by Gasteiger charge is -2.29. The standard InChI is InChI=1S/C15H19ClN4O2/c16-12-8-11(15(22)19-5-2-1-3-6-19)9-18-14(12)20-7-4-17-13(21)10-20/h8-9H,1-7,10H2,(H,17,21). The van der Waals surface area contributed by atoms with Crippen LogP contribution in [0.1, 0.15) is 29.6 Å². The van der Waals surface area contributed by atoms with E-state index in [0.29, 0.717) is 29.5 Å². The van der Waals surface area contributed by atoms with E-state index in [0.717, 1.165) is 25.9 Å². The predicted octanol–water partition coefficient (Wildman–Crippen LogP) is 1.30. The molecule has 0 aromatic carbocycles. The first-order chi connectivity index (χ1) is 10.6. The van der Waals surface area contributed by atoms with E-state index in [1.165, 1.54) is 6.42 Å². The van der Waals surface area contributed by atoms with Crippen molar-refractivity contribution in [3.8, 4) is 0 Å². The number of aromatic nitrogens is 1. The van der Waals surface area contributed by atoms with Gasteiger partial charge >= 0.3 is 0 Å². The van der Waals surface area contributed by atoms with Crippen molar-refractivity contribution in [2.75, 3.05) is 37.6 Å². The molecule has 1 aromatic heterocycles. The first-order valence-electron chi connectivity index (χ1n) is 7.61. The van der Waals surface area contributed by atoms with Gasteiger partial charge in [-0.15, -0.1) is 0 Å². The summed E-state index contributed by atoms with van der Waals surface area (Å²) in [5.74, 6) is 0.501. The van der Waals surface area contributed by atoms with Crippen molar-refractivity contribution in [2.24, 2.45) is 0 Å². The first-order valence-corrected chi connectivity index (χ1v) is 7.99. The molecule has 2 amide bonds. The largest absolute Gasteiger partial charge is 0.353 e. The lowest BCUT2D eigenvalue weighted by molar-refractivity contribution is -0.120. The number of halogens is 1. The Morgan fingerprint density at radius 2 is 2.00 bits per heavy atom. The van der Waals surface area contributed by atoms with Crippen molar-refractivity contribution in [3.63, 3.8) is 0 Å². The van der Waals surface area contributed by atoms with Crippen LogP contribution in [0.15, 0.2) is 12.3 Å². The third kappa shape index (κ3) is 3.16. The Balaban J connectivity index is 1.76. The molecule has 0 atom stereocenters. The second-order valence-electron chi connectivity index (χ2n) is 5.65. The van der Waals surface area contributed by atoms with Crippen LogP contribution < -0.4 is 10.2 Å². The van der Waals surface area contributed by atoms with Crippen LogP contribution in [0.3, 0.4) is 0 Å². The van der Waals surface area contributed by atoms with Crippen molar-refractivity contribution in [2.45, 2.75) is 19.3 Å². The summed E-state index contributed by atoms with van der Waals surface area (Å²) in [7, 11) is 0. The van der Waals surface area contributed by atoms with Crippen LogP contribution in [-0.4, -0.2) is 54.4 Å². The molecule has 3 rings (SSSR count). The number of rotatable bonds is 2. The average Bonchev–Trinajstić information content (AvgIpc) is 2.55. The molecular formula is C15H19ClN4O2. The number of piperidine rings is 1. The van der Waals surface area contributed by atoms with Gasteiger partial charge in [0.05, 0.1) is 17.1 Å². The first kappa shape index (κ1) is 15.1. The zero-order valence-corrected chi connectivity index (χ0v) is 13.1. The van der Waals surface area contributed by atoms with Gasteiger partial charge in [-0.25, -0.2) is 4.98 Å². The molecule has 7 heteroatoms. The van der Waals surface area contributed by atoms with Crippen LogP contribution in [0.4, 0.5) is 5.82 Å². The third-order valence-electron chi connectivity index (χ3n) is 4.05. The molecular weight excluding hydrogens is 304 g/mol. The van der Waals surface area contributed by atoms with E-state index < -0.39 is 0 Å². The van der Waals surface area contributed by atoms with Crippen LogP contribution in [0.25, 0.3) is 0 Å². The number of hydrogen-bond donors (Lipinski definition) is 1. The Bertz CT molecular complexity index is 587. The minimum atomic E-state index is -0.0439. The summed E-state index contributed by atoms with van der Waals surface area (Å²) in [6.45, 7) is 3.07.